The molecule has 2 aromatic heterocycles. The van der Waals surface area contributed by atoms with Crippen LogP contribution in [-0.4, -0.2) is 34.9 Å². The summed E-state index contributed by atoms with van der Waals surface area (Å²) >= 11 is 0. The highest BCUT2D eigenvalue weighted by Gasteiger charge is 2.33. The fourth-order valence-corrected chi connectivity index (χ4v) is 4.66. The lowest BCUT2D eigenvalue weighted by Crippen LogP contribution is -2.41. The van der Waals surface area contributed by atoms with Crippen LogP contribution in [0.4, 0.5) is 0 Å². The van der Waals surface area contributed by atoms with Crippen molar-refractivity contribution in [3.63, 3.8) is 0 Å². The third kappa shape index (κ3) is 4.64. The van der Waals surface area contributed by atoms with Gasteiger partial charge in [0.25, 0.3) is 0 Å². The Balaban J connectivity index is 1.14. The molecule has 1 aromatic carbocycles. The molecule has 7 heteroatoms. The fourth-order valence-electron chi connectivity index (χ4n) is 4.66. The number of hydrogen-bond acceptors (Lipinski definition) is 7. The van der Waals surface area contributed by atoms with Gasteiger partial charge in [-0.05, 0) is 50.2 Å². The Morgan fingerprint density at radius 2 is 1.91 bits per heavy atom. The molecule has 3 aromatic rings. The molecule has 2 N–H and O–H groups in total. The summed E-state index contributed by atoms with van der Waals surface area (Å²) in [5.74, 6) is 1.46. The Kier molecular flexibility index (Phi) is 5.85. The zero-order valence-corrected chi connectivity index (χ0v) is 18.0. The number of aryl methyl sites for hydroxylation is 1. The minimum absolute atomic E-state index is 0.345. The van der Waals surface area contributed by atoms with Gasteiger partial charge in [0.1, 0.15) is 18.8 Å². The number of hydrogen-bond donors (Lipinski definition) is 2. The van der Waals surface area contributed by atoms with Crippen molar-refractivity contribution < 1.29 is 19.0 Å². The quantitative estimate of drug-likeness (QED) is 0.572. The molecule has 0 radical (unpaired) electrons. The largest absolute Gasteiger partial charge is 0.486 e. The summed E-state index contributed by atoms with van der Waals surface area (Å²) < 4.78 is 16.6. The number of aromatic nitrogens is 1. The second-order valence-electron chi connectivity index (χ2n) is 8.79. The molecular weight excluding hydrogens is 408 g/mol. The van der Waals surface area contributed by atoms with E-state index in [4.69, 9.17) is 13.9 Å². The van der Waals surface area contributed by atoms with E-state index in [0.29, 0.717) is 50.0 Å². The Labute approximate surface area is 186 Å². The van der Waals surface area contributed by atoms with E-state index in [2.05, 4.69) is 10.3 Å². The summed E-state index contributed by atoms with van der Waals surface area (Å²) in [6.45, 7) is 1.79. The standard InChI is InChI=1S/C25H28N2O5/c28-23-5-4-17-2-1-3-18(24(17)32-23)6-9-25(29)10-7-19(8-11-25)26-15-20-14-21-22(16-27-20)31-13-12-30-21/h1-5,14,16,19,26,29H,6-13,15H2/t19-,25+. The van der Waals surface area contributed by atoms with Gasteiger partial charge in [-0.2, -0.15) is 0 Å². The number of para-hydroxylation sites is 1. The molecule has 32 heavy (non-hydrogen) atoms. The van der Waals surface area contributed by atoms with Crippen LogP contribution in [0.15, 0.2) is 51.8 Å². The third-order valence-electron chi connectivity index (χ3n) is 6.56. The molecule has 168 valence electrons. The van der Waals surface area contributed by atoms with Gasteiger partial charge in [-0.15, -0.1) is 0 Å². The van der Waals surface area contributed by atoms with E-state index in [-0.39, 0.29) is 5.63 Å². The second-order valence-corrected chi connectivity index (χ2v) is 8.79. The lowest BCUT2D eigenvalue weighted by Gasteiger charge is -2.36. The Hall–Kier alpha value is -2.90. The number of benzene rings is 1. The van der Waals surface area contributed by atoms with Gasteiger partial charge in [-0.25, -0.2) is 4.79 Å². The van der Waals surface area contributed by atoms with Crippen molar-refractivity contribution in [3.8, 4) is 11.5 Å². The first-order valence-corrected chi connectivity index (χ1v) is 11.3. The van der Waals surface area contributed by atoms with Crippen LogP contribution in [0.1, 0.15) is 43.4 Å². The molecule has 1 aliphatic heterocycles. The summed E-state index contributed by atoms with van der Waals surface area (Å²) in [6.07, 6.45) is 6.36. The Bertz CT molecular complexity index is 1150. The minimum atomic E-state index is -0.690. The summed E-state index contributed by atoms with van der Waals surface area (Å²) in [5, 5.41) is 15.6. The Morgan fingerprint density at radius 1 is 1.09 bits per heavy atom. The molecule has 2 aliphatic rings. The highest BCUT2D eigenvalue weighted by molar-refractivity contribution is 5.79. The molecule has 0 saturated heterocycles. The first-order chi connectivity index (χ1) is 15.6. The highest BCUT2D eigenvalue weighted by atomic mass is 16.6. The first-order valence-electron chi connectivity index (χ1n) is 11.3. The lowest BCUT2D eigenvalue weighted by atomic mass is 9.78. The zero-order valence-electron chi connectivity index (χ0n) is 18.0. The Morgan fingerprint density at radius 3 is 2.75 bits per heavy atom. The van der Waals surface area contributed by atoms with Crippen molar-refractivity contribution in [2.75, 3.05) is 13.2 Å². The van der Waals surface area contributed by atoms with Crippen LogP contribution in [0.3, 0.4) is 0 Å². The van der Waals surface area contributed by atoms with Gasteiger partial charge in [0.15, 0.2) is 11.5 Å². The number of nitrogens with one attached hydrogen (secondary N) is 1. The van der Waals surface area contributed by atoms with E-state index in [1.807, 2.05) is 24.3 Å². The second kappa shape index (κ2) is 8.92. The number of pyridine rings is 1. The molecule has 0 atom stereocenters. The molecular formula is C25H28N2O5. The number of fused-ring (bicyclic) bond motifs is 2. The predicted molar refractivity (Wildman–Crippen MR) is 120 cm³/mol. The van der Waals surface area contributed by atoms with E-state index in [1.54, 1.807) is 12.3 Å². The van der Waals surface area contributed by atoms with Crippen LogP contribution in [0.2, 0.25) is 0 Å². The average molecular weight is 437 g/mol. The molecule has 0 unspecified atom stereocenters. The molecule has 3 heterocycles. The smallest absolute Gasteiger partial charge is 0.336 e. The molecule has 7 nitrogen and oxygen atoms in total. The van der Waals surface area contributed by atoms with E-state index < -0.39 is 5.60 Å². The van der Waals surface area contributed by atoms with Crippen LogP contribution in [0, 0.1) is 0 Å². The fraction of sp³-hybridized carbons (Fsp3) is 0.440. The van der Waals surface area contributed by atoms with Gasteiger partial charge < -0.3 is 24.3 Å². The number of ether oxygens (including phenoxy) is 2. The molecule has 1 saturated carbocycles. The number of nitrogens with zero attached hydrogens (tertiary/aromatic N) is 1. The summed E-state index contributed by atoms with van der Waals surface area (Å²) in [5.41, 5.74) is 1.49. The maximum Gasteiger partial charge on any atom is 0.336 e. The van der Waals surface area contributed by atoms with Crippen molar-refractivity contribution >= 4 is 11.0 Å². The first kappa shape index (κ1) is 21.0. The van der Waals surface area contributed by atoms with Gasteiger partial charge in [-0.3, -0.25) is 4.98 Å². The van der Waals surface area contributed by atoms with Gasteiger partial charge in [0.2, 0.25) is 0 Å². The maximum atomic E-state index is 11.6. The number of aliphatic hydroxyl groups is 1. The molecule has 1 aliphatic carbocycles. The normalized spacial score (nSPS) is 22.7. The van der Waals surface area contributed by atoms with Crippen molar-refractivity contribution in [2.24, 2.45) is 0 Å². The predicted octanol–water partition coefficient (Wildman–Crippen LogP) is 3.36. The van der Waals surface area contributed by atoms with E-state index >= 15 is 0 Å². The molecule has 1 fully saturated rings. The average Bonchev–Trinajstić information content (AvgIpc) is 2.82. The van der Waals surface area contributed by atoms with Crippen LogP contribution < -0.4 is 20.4 Å². The lowest BCUT2D eigenvalue weighted by molar-refractivity contribution is -0.0108. The van der Waals surface area contributed by atoms with Crippen LogP contribution in [-0.2, 0) is 13.0 Å². The SMILES string of the molecule is O=c1ccc2cccc(CC[C@]3(O)CC[C@@H](NCc4cc5c(cn4)OCCO5)CC3)c2o1. The topological polar surface area (TPSA) is 93.8 Å². The zero-order chi connectivity index (χ0) is 22.0. The van der Waals surface area contributed by atoms with Crippen LogP contribution >= 0.6 is 0 Å². The van der Waals surface area contributed by atoms with Crippen molar-refractivity contribution in [2.45, 2.75) is 56.7 Å². The van der Waals surface area contributed by atoms with Gasteiger partial charge in [0.05, 0.1) is 17.5 Å². The highest BCUT2D eigenvalue weighted by Crippen LogP contribution is 2.34. The molecule has 0 bridgehead atoms. The van der Waals surface area contributed by atoms with Crippen LogP contribution in [0.5, 0.6) is 11.5 Å². The third-order valence-corrected chi connectivity index (χ3v) is 6.56. The molecule has 0 spiro atoms. The van der Waals surface area contributed by atoms with Crippen molar-refractivity contribution in [1.82, 2.24) is 10.3 Å². The van der Waals surface area contributed by atoms with E-state index in [0.717, 1.165) is 48.1 Å². The summed E-state index contributed by atoms with van der Waals surface area (Å²) in [4.78, 5) is 16.1. The van der Waals surface area contributed by atoms with Crippen LogP contribution in [0.25, 0.3) is 11.0 Å². The molecule has 5 rings (SSSR count). The van der Waals surface area contributed by atoms with E-state index in [1.165, 1.54) is 6.07 Å². The van der Waals surface area contributed by atoms with Crippen molar-refractivity contribution in [3.05, 3.63) is 64.3 Å². The maximum absolute atomic E-state index is 11.6. The minimum Gasteiger partial charge on any atom is -0.486 e. The monoisotopic (exact) mass is 436 g/mol. The van der Waals surface area contributed by atoms with Gasteiger partial charge >= 0.3 is 5.63 Å². The summed E-state index contributed by atoms with van der Waals surface area (Å²) in [6, 6.07) is 11.4. The van der Waals surface area contributed by atoms with Gasteiger partial charge in [0, 0.05) is 30.1 Å². The summed E-state index contributed by atoms with van der Waals surface area (Å²) in [7, 11) is 0. The molecule has 0 amide bonds. The van der Waals surface area contributed by atoms with E-state index in [9.17, 15) is 9.90 Å². The van der Waals surface area contributed by atoms with Gasteiger partial charge in [-0.1, -0.05) is 18.2 Å². The number of rotatable bonds is 6. The van der Waals surface area contributed by atoms with Crippen molar-refractivity contribution in [1.29, 1.82) is 0 Å².